The Morgan fingerprint density at radius 1 is 0.425 bits per heavy atom. The minimum atomic E-state index is -0.433. The Bertz CT molecular complexity index is 1810. The summed E-state index contributed by atoms with van der Waals surface area (Å²) in [5, 5.41) is 9.64. The second-order valence-electron chi connectivity index (χ2n) is 13.5. The Balaban J connectivity index is 1.40. The predicted molar refractivity (Wildman–Crippen MR) is 168 cm³/mol. The third-order valence-corrected chi connectivity index (χ3v) is 9.94. The van der Waals surface area contributed by atoms with Crippen LogP contribution < -0.4 is 10.9 Å². The lowest BCUT2D eigenvalue weighted by Gasteiger charge is -2.32. The van der Waals surface area contributed by atoms with Crippen molar-refractivity contribution in [2.75, 3.05) is 0 Å². The summed E-state index contributed by atoms with van der Waals surface area (Å²) < 4.78 is 25.7. The molecule has 5 aromatic rings. The molecule has 6 heteroatoms. The average molecular weight is 530 g/mol. The third kappa shape index (κ3) is 3.70. The standard InChI is InChI=1S/C34H36B2O4/c1-31(2)32(3,4)38-35(37-31)22-14-16-23-21(19-22)13-15-26-25(23)17-18-27-24-11-9-10-12-28(24)30(20-29(26)27)36-39-33(5,6)34(7,8)40-36/h9-20H,1-8H3. The topological polar surface area (TPSA) is 36.9 Å². The van der Waals surface area contributed by atoms with Gasteiger partial charge < -0.3 is 18.6 Å². The molecule has 0 N–H and O–H groups in total. The van der Waals surface area contributed by atoms with Gasteiger partial charge in [-0.05, 0) is 109 Å². The van der Waals surface area contributed by atoms with Crippen molar-refractivity contribution in [2.45, 2.75) is 77.8 Å². The minimum Gasteiger partial charge on any atom is -0.399 e. The maximum absolute atomic E-state index is 6.53. The van der Waals surface area contributed by atoms with E-state index in [1.54, 1.807) is 0 Å². The molecule has 0 radical (unpaired) electrons. The highest BCUT2D eigenvalue weighted by Gasteiger charge is 2.53. The van der Waals surface area contributed by atoms with E-state index in [0.717, 1.165) is 10.9 Å². The van der Waals surface area contributed by atoms with E-state index < -0.39 is 18.3 Å². The number of fused-ring (bicyclic) bond motifs is 7. The highest BCUT2D eigenvalue weighted by molar-refractivity contribution is 6.66. The molecule has 40 heavy (non-hydrogen) atoms. The first-order chi connectivity index (χ1) is 18.8. The molecule has 0 aliphatic carbocycles. The SMILES string of the molecule is CC1(C)OB(c2ccc3c(ccc4c3ccc3c5ccccc5c(B5OC(C)(C)C(C)(C)O5)cc34)c2)OC1(C)C. The van der Waals surface area contributed by atoms with Crippen LogP contribution in [0.2, 0.25) is 0 Å². The van der Waals surface area contributed by atoms with E-state index in [9.17, 15) is 0 Å². The molecule has 2 fully saturated rings. The van der Waals surface area contributed by atoms with Gasteiger partial charge in [0.05, 0.1) is 22.4 Å². The van der Waals surface area contributed by atoms with Gasteiger partial charge in [0.25, 0.3) is 0 Å². The summed E-state index contributed by atoms with van der Waals surface area (Å²) in [6, 6.07) is 26.4. The molecule has 0 bridgehead atoms. The van der Waals surface area contributed by atoms with Crippen LogP contribution in [0.25, 0.3) is 43.1 Å². The lowest BCUT2D eigenvalue weighted by Crippen LogP contribution is -2.41. The average Bonchev–Trinajstić information content (AvgIpc) is 3.26. The lowest BCUT2D eigenvalue weighted by molar-refractivity contribution is 0.00578. The fourth-order valence-electron chi connectivity index (χ4n) is 6.07. The van der Waals surface area contributed by atoms with E-state index in [-0.39, 0.29) is 18.3 Å². The van der Waals surface area contributed by atoms with E-state index in [4.69, 9.17) is 18.6 Å². The van der Waals surface area contributed by atoms with Gasteiger partial charge in [0.15, 0.2) is 0 Å². The fraction of sp³-hybridized carbons (Fsp3) is 0.353. The van der Waals surface area contributed by atoms with Crippen LogP contribution in [0, 0.1) is 0 Å². The zero-order valence-electron chi connectivity index (χ0n) is 24.7. The number of rotatable bonds is 2. The Labute approximate surface area is 237 Å². The zero-order valence-corrected chi connectivity index (χ0v) is 24.7. The number of hydrogen-bond acceptors (Lipinski definition) is 4. The number of hydrogen-bond donors (Lipinski definition) is 0. The first-order valence-corrected chi connectivity index (χ1v) is 14.3. The largest absolute Gasteiger partial charge is 0.495 e. The summed E-state index contributed by atoms with van der Waals surface area (Å²) >= 11 is 0. The normalized spacial score (nSPS) is 21.3. The van der Waals surface area contributed by atoms with Gasteiger partial charge in [-0.2, -0.15) is 0 Å². The molecule has 202 valence electrons. The summed E-state index contributed by atoms with van der Waals surface area (Å²) in [7, 11) is -0.812. The molecule has 2 heterocycles. The second kappa shape index (κ2) is 8.33. The van der Waals surface area contributed by atoms with Crippen LogP contribution in [0.1, 0.15) is 55.4 Å². The molecule has 0 saturated carbocycles. The molecular formula is C34H36B2O4. The highest BCUT2D eigenvalue weighted by atomic mass is 16.7. The second-order valence-corrected chi connectivity index (χ2v) is 13.5. The van der Waals surface area contributed by atoms with Gasteiger partial charge in [-0.3, -0.25) is 0 Å². The van der Waals surface area contributed by atoms with Crippen molar-refractivity contribution < 1.29 is 18.6 Å². The van der Waals surface area contributed by atoms with E-state index in [0.29, 0.717) is 0 Å². The summed E-state index contributed by atoms with van der Waals surface area (Å²) in [6.07, 6.45) is 0. The van der Waals surface area contributed by atoms with Crippen molar-refractivity contribution in [3.8, 4) is 0 Å². The van der Waals surface area contributed by atoms with Crippen LogP contribution in [0.15, 0.2) is 72.8 Å². The van der Waals surface area contributed by atoms with E-state index in [2.05, 4.69) is 128 Å². The smallest absolute Gasteiger partial charge is 0.399 e. The highest BCUT2D eigenvalue weighted by Crippen LogP contribution is 2.40. The van der Waals surface area contributed by atoms with E-state index in [1.807, 2.05) is 0 Å². The summed E-state index contributed by atoms with van der Waals surface area (Å²) in [5.41, 5.74) is 0.569. The third-order valence-electron chi connectivity index (χ3n) is 9.94. The van der Waals surface area contributed by atoms with Crippen molar-refractivity contribution >= 4 is 68.3 Å². The summed E-state index contributed by atoms with van der Waals surface area (Å²) in [5.74, 6) is 0. The molecule has 7 rings (SSSR count). The monoisotopic (exact) mass is 530 g/mol. The molecule has 0 aromatic heterocycles. The molecule has 0 amide bonds. The molecule has 0 atom stereocenters. The summed E-state index contributed by atoms with van der Waals surface area (Å²) in [6.45, 7) is 16.8. The lowest BCUT2D eigenvalue weighted by atomic mass is 9.74. The summed E-state index contributed by atoms with van der Waals surface area (Å²) in [4.78, 5) is 0. The van der Waals surface area contributed by atoms with Gasteiger partial charge in [-0.1, -0.05) is 72.8 Å². The van der Waals surface area contributed by atoms with E-state index >= 15 is 0 Å². The van der Waals surface area contributed by atoms with Crippen LogP contribution in [-0.4, -0.2) is 36.6 Å². The molecule has 5 aromatic carbocycles. The van der Waals surface area contributed by atoms with Gasteiger partial charge in [0, 0.05) is 0 Å². The first kappa shape index (κ1) is 26.0. The van der Waals surface area contributed by atoms with Crippen LogP contribution in [-0.2, 0) is 18.6 Å². The Morgan fingerprint density at radius 3 is 1.48 bits per heavy atom. The van der Waals surface area contributed by atoms with Crippen molar-refractivity contribution in [2.24, 2.45) is 0 Å². The van der Waals surface area contributed by atoms with Gasteiger partial charge in [-0.15, -0.1) is 0 Å². The fourth-order valence-corrected chi connectivity index (χ4v) is 6.07. The van der Waals surface area contributed by atoms with Gasteiger partial charge in [0.1, 0.15) is 0 Å². The van der Waals surface area contributed by atoms with Crippen molar-refractivity contribution in [3.05, 3.63) is 72.8 Å². The van der Waals surface area contributed by atoms with Crippen LogP contribution in [0.4, 0.5) is 0 Å². The molecule has 0 spiro atoms. The van der Waals surface area contributed by atoms with Crippen LogP contribution >= 0.6 is 0 Å². The van der Waals surface area contributed by atoms with Crippen molar-refractivity contribution in [1.82, 2.24) is 0 Å². The molecule has 0 unspecified atom stereocenters. The zero-order chi connectivity index (χ0) is 28.2. The predicted octanol–water partition coefficient (Wildman–Crippen LogP) is 6.90. The van der Waals surface area contributed by atoms with Gasteiger partial charge in [0.2, 0.25) is 0 Å². The van der Waals surface area contributed by atoms with Crippen LogP contribution in [0.5, 0.6) is 0 Å². The molecule has 2 aliphatic rings. The maximum Gasteiger partial charge on any atom is 0.495 e. The number of benzene rings is 5. The van der Waals surface area contributed by atoms with Gasteiger partial charge >= 0.3 is 14.2 Å². The van der Waals surface area contributed by atoms with Crippen molar-refractivity contribution in [1.29, 1.82) is 0 Å². The molecular weight excluding hydrogens is 494 g/mol. The Morgan fingerprint density at radius 2 is 0.875 bits per heavy atom. The Kier molecular flexibility index (Phi) is 5.42. The molecule has 4 nitrogen and oxygen atoms in total. The van der Waals surface area contributed by atoms with E-state index in [1.165, 1.54) is 43.1 Å². The molecule has 2 saturated heterocycles. The van der Waals surface area contributed by atoms with Gasteiger partial charge in [-0.25, -0.2) is 0 Å². The molecule has 2 aliphatic heterocycles. The quantitative estimate of drug-likeness (QED) is 0.184. The van der Waals surface area contributed by atoms with Crippen LogP contribution in [0.3, 0.4) is 0 Å². The first-order valence-electron chi connectivity index (χ1n) is 14.3. The van der Waals surface area contributed by atoms with Crippen molar-refractivity contribution in [3.63, 3.8) is 0 Å². The maximum atomic E-state index is 6.53. The Hall–Kier alpha value is -2.89. The minimum absolute atomic E-state index is 0.368.